The number of hydrogen-bond acceptors (Lipinski definition) is 4. The normalized spacial score (nSPS) is 11.2. The highest BCUT2D eigenvalue weighted by Gasteiger charge is 2.06. The molecule has 1 heterocycles. The zero-order chi connectivity index (χ0) is 14.5. The predicted octanol–water partition coefficient (Wildman–Crippen LogP) is 3.50. The Labute approximate surface area is 122 Å². The second-order valence-corrected chi connectivity index (χ2v) is 5.58. The number of amides is 1. The minimum absolute atomic E-state index is 0.188. The van der Waals surface area contributed by atoms with Crippen LogP contribution in [-0.2, 0) is 4.79 Å². The van der Waals surface area contributed by atoms with Crippen molar-refractivity contribution in [1.29, 1.82) is 0 Å². The molecule has 0 spiro atoms. The zero-order valence-electron chi connectivity index (χ0n) is 11.5. The fourth-order valence-electron chi connectivity index (χ4n) is 1.53. The van der Waals surface area contributed by atoms with Crippen molar-refractivity contribution in [3.63, 3.8) is 0 Å². The van der Waals surface area contributed by atoms with Crippen LogP contribution in [0.25, 0.3) is 6.08 Å². The number of nitrogens with two attached hydrogens (primary N) is 1. The van der Waals surface area contributed by atoms with Crippen molar-refractivity contribution in [3.8, 4) is 0 Å². The third kappa shape index (κ3) is 3.93. The zero-order valence-corrected chi connectivity index (χ0v) is 12.3. The van der Waals surface area contributed by atoms with Crippen LogP contribution in [0.4, 0.5) is 10.8 Å². The standard InChI is InChI=1S/C15H17N3OS/c1-10(2)13-9-20-15(17-13)18-14(19)8-5-11-3-6-12(16)7-4-11/h3-10H,16H2,1-2H3,(H,17,18,19)/b8-5+. The van der Waals surface area contributed by atoms with E-state index in [9.17, 15) is 4.79 Å². The second kappa shape index (κ2) is 6.34. The van der Waals surface area contributed by atoms with Gasteiger partial charge in [0.25, 0.3) is 0 Å². The molecule has 0 aliphatic carbocycles. The summed E-state index contributed by atoms with van der Waals surface area (Å²) in [4.78, 5) is 16.1. The number of hydrogen-bond donors (Lipinski definition) is 2. The van der Waals surface area contributed by atoms with Crippen molar-refractivity contribution in [2.45, 2.75) is 19.8 Å². The Bertz CT molecular complexity index is 614. The average molecular weight is 287 g/mol. The fourth-order valence-corrected chi connectivity index (χ4v) is 2.41. The van der Waals surface area contributed by atoms with Gasteiger partial charge in [-0.25, -0.2) is 4.98 Å². The number of aromatic nitrogens is 1. The lowest BCUT2D eigenvalue weighted by Gasteiger charge is -1.98. The molecular weight excluding hydrogens is 270 g/mol. The SMILES string of the molecule is CC(C)c1csc(NC(=O)/C=C/c2ccc(N)cc2)n1. The van der Waals surface area contributed by atoms with Crippen LogP contribution in [0, 0.1) is 0 Å². The smallest absolute Gasteiger partial charge is 0.250 e. The summed E-state index contributed by atoms with van der Waals surface area (Å²) in [5, 5.41) is 5.34. The summed E-state index contributed by atoms with van der Waals surface area (Å²) in [6.07, 6.45) is 3.23. The van der Waals surface area contributed by atoms with E-state index in [-0.39, 0.29) is 5.91 Å². The van der Waals surface area contributed by atoms with Gasteiger partial charge in [-0.2, -0.15) is 0 Å². The first-order chi connectivity index (χ1) is 9.54. The maximum atomic E-state index is 11.8. The van der Waals surface area contributed by atoms with Crippen molar-refractivity contribution in [3.05, 3.63) is 47.0 Å². The number of nitrogens with zero attached hydrogens (tertiary/aromatic N) is 1. The first kappa shape index (κ1) is 14.3. The molecule has 2 aromatic rings. The summed E-state index contributed by atoms with van der Waals surface area (Å²) < 4.78 is 0. The van der Waals surface area contributed by atoms with E-state index < -0.39 is 0 Å². The van der Waals surface area contributed by atoms with Crippen LogP contribution in [0.1, 0.15) is 31.0 Å². The van der Waals surface area contributed by atoms with Crippen LogP contribution in [-0.4, -0.2) is 10.9 Å². The van der Waals surface area contributed by atoms with E-state index in [0.29, 0.717) is 16.7 Å². The molecule has 0 unspecified atom stereocenters. The molecule has 1 aromatic carbocycles. The Morgan fingerprint density at radius 3 is 2.65 bits per heavy atom. The molecule has 0 saturated heterocycles. The van der Waals surface area contributed by atoms with Gasteiger partial charge in [0.2, 0.25) is 5.91 Å². The van der Waals surface area contributed by atoms with Gasteiger partial charge in [-0.1, -0.05) is 26.0 Å². The van der Waals surface area contributed by atoms with E-state index in [1.165, 1.54) is 17.4 Å². The third-order valence-electron chi connectivity index (χ3n) is 2.71. The van der Waals surface area contributed by atoms with E-state index in [2.05, 4.69) is 24.1 Å². The van der Waals surface area contributed by atoms with Crippen LogP contribution < -0.4 is 11.1 Å². The quantitative estimate of drug-likeness (QED) is 0.668. The Hall–Kier alpha value is -2.14. The molecular formula is C15H17N3OS. The highest BCUT2D eigenvalue weighted by molar-refractivity contribution is 7.14. The van der Waals surface area contributed by atoms with Crippen LogP contribution in [0.3, 0.4) is 0 Å². The van der Waals surface area contributed by atoms with Crippen molar-refractivity contribution >= 4 is 34.1 Å². The average Bonchev–Trinajstić information content (AvgIpc) is 2.87. The summed E-state index contributed by atoms with van der Waals surface area (Å²) in [7, 11) is 0. The van der Waals surface area contributed by atoms with Crippen molar-refractivity contribution < 1.29 is 4.79 Å². The maximum Gasteiger partial charge on any atom is 0.250 e. The Morgan fingerprint density at radius 2 is 2.05 bits per heavy atom. The molecule has 104 valence electrons. The maximum absolute atomic E-state index is 11.8. The third-order valence-corrected chi connectivity index (χ3v) is 3.48. The van der Waals surface area contributed by atoms with Crippen LogP contribution in [0.5, 0.6) is 0 Å². The summed E-state index contributed by atoms with van der Waals surface area (Å²) >= 11 is 1.44. The minimum Gasteiger partial charge on any atom is -0.399 e. The number of carbonyl (C=O) groups excluding carboxylic acids is 1. The summed E-state index contributed by atoms with van der Waals surface area (Å²) in [5.74, 6) is 0.175. The molecule has 0 atom stereocenters. The van der Waals surface area contributed by atoms with E-state index in [0.717, 1.165) is 11.3 Å². The number of benzene rings is 1. The molecule has 0 saturated carbocycles. The Morgan fingerprint density at radius 1 is 1.35 bits per heavy atom. The topological polar surface area (TPSA) is 68.0 Å². The van der Waals surface area contributed by atoms with Gasteiger partial charge >= 0.3 is 0 Å². The molecule has 1 aromatic heterocycles. The first-order valence-corrected chi connectivity index (χ1v) is 7.22. The molecule has 0 aliphatic heterocycles. The molecule has 1 amide bonds. The molecule has 0 radical (unpaired) electrons. The molecule has 0 bridgehead atoms. The molecule has 3 N–H and O–H groups in total. The number of thiazole rings is 1. The largest absolute Gasteiger partial charge is 0.399 e. The van der Waals surface area contributed by atoms with Crippen LogP contribution in [0.15, 0.2) is 35.7 Å². The summed E-state index contributed by atoms with van der Waals surface area (Å²) in [6, 6.07) is 7.32. The van der Waals surface area contributed by atoms with Gasteiger partial charge in [0.1, 0.15) is 0 Å². The van der Waals surface area contributed by atoms with E-state index >= 15 is 0 Å². The summed E-state index contributed by atoms with van der Waals surface area (Å²) in [6.45, 7) is 4.14. The Kier molecular flexibility index (Phi) is 4.53. The second-order valence-electron chi connectivity index (χ2n) is 4.72. The molecule has 20 heavy (non-hydrogen) atoms. The first-order valence-electron chi connectivity index (χ1n) is 6.34. The van der Waals surface area contributed by atoms with Gasteiger partial charge in [0.15, 0.2) is 5.13 Å². The highest BCUT2D eigenvalue weighted by Crippen LogP contribution is 2.21. The molecule has 0 aliphatic rings. The van der Waals surface area contributed by atoms with Gasteiger partial charge in [0.05, 0.1) is 5.69 Å². The molecule has 4 nitrogen and oxygen atoms in total. The lowest BCUT2D eigenvalue weighted by atomic mass is 10.2. The molecule has 5 heteroatoms. The fraction of sp³-hybridized carbons (Fsp3) is 0.200. The number of carbonyl (C=O) groups is 1. The summed E-state index contributed by atoms with van der Waals surface area (Å²) in [5.41, 5.74) is 8.23. The van der Waals surface area contributed by atoms with Gasteiger partial charge < -0.3 is 5.73 Å². The van der Waals surface area contributed by atoms with Gasteiger partial charge in [-0.05, 0) is 29.7 Å². The molecule has 0 fully saturated rings. The van der Waals surface area contributed by atoms with Crippen molar-refractivity contribution in [2.75, 3.05) is 11.1 Å². The number of nitrogens with one attached hydrogen (secondary N) is 1. The van der Waals surface area contributed by atoms with Crippen molar-refractivity contribution in [2.24, 2.45) is 0 Å². The van der Waals surface area contributed by atoms with Crippen LogP contribution >= 0.6 is 11.3 Å². The van der Waals surface area contributed by atoms with Crippen LogP contribution in [0.2, 0.25) is 0 Å². The highest BCUT2D eigenvalue weighted by atomic mass is 32.1. The lowest BCUT2D eigenvalue weighted by molar-refractivity contribution is -0.111. The van der Waals surface area contributed by atoms with E-state index in [1.807, 2.05) is 17.5 Å². The van der Waals surface area contributed by atoms with Gasteiger partial charge in [-0.15, -0.1) is 11.3 Å². The Balaban J connectivity index is 1.96. The lowest BCUT2D eigenvalue weighted by Crippen LogP contribution is -2.07. The van der Waals surface area contributed by atoms with Crippen molar-refractivity contribution in [1.82, 2.24) is 4.98 Å². The van der Waals surface area contributed by atoms with Gasteiger partial charge in [0, 0.05) is 17.1 Å². The minimum atomic E-state index is -0.188. The number of anilines is 2. The monoisotopic (exact) mass is 287 g/mol. The van der Waals surface area contributed by atoms with E-state index in [1.54, 1.807) is 18.2 Å². The van der Waals surface area contributed by atoms with E-state index in [4.69, 9.17) is 5.73 Å². The molecule has 2 rings (SSSR count). The van der Waals surface area contributed by atoms with Gasteiger partial charge in [-0.3, -0.25) is 10.1 Å². The predicted molar refractivity (Wildman–Crippen MR) is 84.7 cm³/mol. The number of nitrogen functional groups attached to an aromatic ring is 1. The number of rotatable bonds is 4.